The first-order valence-electron chi connectivity index (χ1n) is 9.55. The van der Waals surface area contributed by atoms with Gasteiger partial charge in [0.1, 0.15) is 23.7 Å². The largest absolute Gasteiger partial charge is 0.309 e. The Labute approximate surface area is 177 Å². The lowest BCUT2D eigenvalue weighted by molar-refractivity contribution is -0.141. The van der Waals surface area contributed by atoms with Gasteiger partial charge in [-0.1, -0.05) is 12.1 Å². The van der Waals surface area contributed by atoms with Gasteiger partial charge in [0.15, 0.2) is 0 Å². The van der Waals surface area contributed by atoms with E-state index in [0.717, 1.165) is 0 Å². The van der Waals surface area contributed by atoms with Crippen LogP contribution in [0.2, 0.25) is 0 Å². The maximum atomic E-state index is 12.8. The fourth-order valence-corrected chi connectivity index (χ4v) is 3.12. The second-order valence-electron chi connectivity index (χ2n) is 6.76. The molecule has 1 fully saturated rings. The fraction of sp³-hybridized carbons (Fsp3) is 0.143. The summed E-state index contributed by atoms with van der Waals surface area (Å²) < 4.78 is 0. The molecule has 3 aromatic rings. The Morgan fingerprint density at radius 3 is 1.81 bits per heavy atom. The maximum absolute atomic E-state index is 12.8. The van der Waals surface area contributed by atoms with E-state index in [1.807, 2.05) is 0 Å². The highest BCUT2D eigenvalue weighted by atomic mass is 16.2. The number of hydrogen-bond donors (Lipinski definition) is 3. The molecule has 0 aromatic carbocycles. The number of carbonyl (C=O) groups is 3. The molecule has 1 saturated heterocycles. The zero-order valence-corrected chi connectivity index (χ0v) is 16.3. The Balaban J connectivity index is 1.49. The standard InChI is InChI=1S/C21H19N7O3/c29-19(14-7-11-22-12-8-14)27-28-15(20(30)25-17-5-1-3-9-23-17)13-16(28)21(31)26-18-6-2-4-10-24-18/h1-12,15-16H,13H2,(H,27,29)(H,23,25,30)(H,24,26,31). The van der Waals surface area contributed by atoms with E-state index in [9.17, 15) is 14.4 Å². The SMILES string of the molecule is O=C(NN1C(C(=O)Nc2ccccn2)CC1C(=O)Nc1ccccn1)c1ccncc1. The molecule has 0 radical (unpaired) electrons. The highest BCUT2D eigenvalue weighted by Crippen LogP contribution is 2.26. The molecule has 1 aliphatic heterocycles. The highest BCUT2D eigenvalue weighted by molar-refractivity contribution is 6.01. The maximum Gasteiger partial charge on any atom is 0.265 e. The van der Waals surface area contributed by atoms with Crippen LogP contribution in [0.4, 0.5) is 11.6 Å². The first-order chi connectivity index (χ1) is 15.1. The molecule has 156 valence electrons. The third-order valence-electron chi connectivity index (χ3n) is 4.73. The first-order valence-corrected chi connectivity index (χ1v) is 9.55. The van der Waals surface area contributed by atoms with Crippen molar-refractivity contribution in [3.05, 3.63) is 78.9 Å². The third kappa shape index (κ3) is 4.70. The Bertz CT molecular complexity index is 1000. The molecule has 0 spiro atoms. The van der Waals surface area contributed by atoms with Gasteiger partial charge in [-0.05, 0) is 36.4 Å². The van der Waals surface area contributed by atoms with Crippen LogP contribution in [0.1, 0.15) is 16.8 Å². The topological polar surface area (TPSA) is 129 Å². The van der Waals surface area contributed by atoms with E-state index in [1.165, 1.54) is 17.4 Å². The van der Waals surface area contributed by atoms with E-state index in [2.05, 4.69) is 31.0 Å². The molecule has 4 heterocycles. The Hall–Kier alpha value is -4.18. The van der Waals surface area contributed by atoms with Crippen molar-refractivity contribution in [2.45, 2.75) is 18.5 Å². The van der Waals surface area contributed by atoms with Crippen molar-refractivity contribution in [1.29, 1.82) is 0 Å². The molecule has 0 bridgehead atoms. The monoisotopic (exact) mass is 417 g/mol. The van der Waals surface area contributed by atoms with Gasteiger partial charge in [-0.3, -0.25) is 24.8 Å². The van der Waals surface area contributed by atoms with Gasteiger partial charge < -0.3 is 10.6 Å². The zero-order chi connectivity index (χ0) is 21.6. The quantitative estimate of drug-likeness (QED) is 0.550. The molecule has 10 heteroatoms. The predicted molar refractivity (Wildman–Crippen MR) is 111 cm³/mol. The summed E-state index contributed by atoms with van der Waals surface area (Å²) in [6.07, 6.45) is 6.31. The van der Waals surface area contributed by atoms with Crippen molar-refractivity contribution in [2.24, 2.45) is 0 Å². The minimum absolute atomic E-state index is 0.216. The van der Waals surface area contributed by atoms with E-state index < -0.39 is 18.0 Å². The summed E-state index contributed by atoms with van der Waals surface area (Å²) in [5, 5.41) is 6.74. The van der Waals surface area contributed by atoms with E-state index in [1.54, 1.807) is 60.9 Å². The van der Waals surface area contributed by atoms with Gasteiger partial charge in [0.25, 0.3) is 5.91 Å². The van der Waals surface area contributed by atoms with Gasteiger partial charge in [0, 0.05) is 36.8 Å². The van der Waals surface area contributed by atoms with E-state index in [4.69, 9.17) is 0 Å². The van der Waals surface area contributed by atoms with Crippen LogP contribution in [0, 0.1) is 0 Å². The number of hydrogen-bond acceptors (Lipinski definition) is 7. The lowest BCUT2D eigenvalue weighted by atomic mass is 9.93. The van der Waals surface area contributed by atoms with E-state index in [-0.39, 0.29) is 18.2 Å². The molecule has 4 rings (SSSR count). The van der Waals surface area contributed by atoms with Crippen molar-refractivity contribution < 1.29 is 14.4 Å². The van der Waals surface area contributed by atoms with Crippen LogP contribution in [0.5, 0.6) is 0 Å². The normalized spacial score (nSPS) is 17.8. The van der Waals surface area contributed by atoms with Crippen LogP contribution in [-0.2, 0) is 9.59 Å². The van der Waals surface area contributed by atoms with Crippen molar-refractivity contribution in [2.75, 3.05) is 10.6 Å². The number of carbonyl (C=O) groups excluding carboxylic acids is 3. The lowest BCUT2D eigenvalue weighted by Gasteiger charge is -2.45. The van der Waals surface area contributed by atoms with Gasteiger partial charge >= 0.3 is 0 Å². The smallest absolute Gasteiger partial charge is 0.265 e. The van der Waals surface area contributed by atoms with Gasteiger partial charge in [0.05, 0.1) is 0 Å². The van der Waals surface area contributed by atoms with Gasteiger partial charge in [-0.15, -0.1) is 0 Å². The van der Waals surface area contributed by atoms with Crippen molar-refractivity contribution in [1.82, 2.24) is 25.4 Å². The summed E-state index contributed by atoms with van der Waals surface area (Å²) in [7, 11) is 0. The number of anilines is 2. The van der Waals surface area contributed by atoms with Crippen LogP contribution in [0.25, 0.3) is 0 Å². The third-order valence-corrected chi connectivity index (χ3v) is 4.73. The molecule has 10 nitrogen and oxygen atoms in total. The van der Waals surface area contributed by atoms with Crippen LogP contribution in [-0.4, -0.2) is 49.8 Å². The molecule has 2 unspecified atom stereocenters. The average Bonchev–Trinajstić information content (AvgIpc) is 2.78. The minimum atomic E-state index is -0.743. The second-order valence-corrected chi connectivity index (χ2v) is 6.76. The van der Waals surface area contributed by atoms with E-state index >= 15 is 0 Å². The van der Waals surface area contributed by atoms with Crippen molar-refractivity contribution >= 4 is 29.4 Å². The number of hydrazine groups is 1. The zero-order valence-electron chi connectivity index (χ0n) is 16.3. The number of nitrogens with one attached hydrogen (secondary N) is 3. The summed E-state index contributed by atoms with van der Waals surface area (Å²) in [4.78, 5) is 50.2. The number of rotatable bonds is 6. The molecule has 31 heavy (non-hydrogen) atoms. The van der Waals surface area contributed by atoms with Gasteiger partial charge in [0.2, 0.25) is 11.8 Å². The first kappa shape index (κ1) is 20.1. The minimum Gasteiger partial charge on any atom is -0.309 e. The number of amides is 3. The summed E-state index contributed by atoms with van der Waals surface area (Å²) in [5.74, 6) is -0.441. The molecular formula is C21H19N7O3. The fourth-order valence-electron chi connectivity index (χ4n) is 3.12. The summed E-state index contributed by atoms with van der Waals surface area (Å²) in [5.41, 5.74) is 3.03. The molecule has 1 aliphatic rings. The molecule has 3 aromatic heterocycles. The van der Waals surface area contributed by atoms with Crippen molar-refractivity contribution in [3.8, 4) is 0 Å². The number of aromatic nitrogens is 3. The van der Waals surface area contributed by atoms with Crippen LogP contribution < -0.4 is 16.1 Å². The predicted octanol–water partition coefficient (Wildman–Crippen LogP) is 1.24. The number of pyridine rings is 3. The van der Waals surface area contributed by atoms with Gasteiger partial charge in [-0.25, -0.2) is 9.97 Å². The Kier molecular flexibility index (Phi) is 5.90. The summed E-state index contributed by atoms with van der Waals surface area (Å²) in [6, 6.07) is 11.9. The Morgan fingerprint density at radius 2 is 1.32 bits per heavy atom. The Morgan fingerprint density at radius 1 is 0.774 bits per heavy atom. The van der Waals surface area contributed by atoms with Crippen LogP contribution in [0.3, 0.4) is 0 Å². The summed E-state index contributed by atoms with van der Waals surface area (Å²) in [6.45, 7) is 0. The molecular weight excluding hydrogens is 398 g/mol. The molecule has 3 N–H and O–H groups in total. The second kappa shape index (κ2) is 9.09. The highest BCUT2D eigenvalue weighted by Gasteiger charge is 2.48. The molecule has 0 saturated carbocycles. The lowest BCUT2D eigenvalue weighted by Crippen LogP contribution is -2.70. The molecule has 2 atom stereocenters. The number of nitrogens with zero attached hydrogens (tertiary/aromatic N) is 4. The average molecular weight is 417 g/mol. The molecule has 0 aliphatic carbocycles. The van der Waals surface area contributed by atoms with Crippen molar-refractivity contribution in [3.63, 3.8) is 0 Å². The summed E-state index contributed by atoms with van der Waals surface area (Å²) >= 11 is 0. The van der Waals surface area contributed by atoms with Gasteiger partial charge in [-0.2, -0.15) is 5.01 Å². The van der Waals surface area contributed by atoms with Crippen LogP contribution >= 0.6 is 0 Å². The van der Waals surface area contributed by atoms with Crippen LogP contribution in [0.15, 0.2) is 73.3 Å². The molecule has 3 amide bonds. The van der Waals surface area contributed by atoms with E-state index in [0.29, 0.717) is 17.2 Å².